The predicted octanol–water partition coefficient (Wildman–Crippen LogP) is 4.71. The molecule has 2 aromatic carbocycles. The Bertz CT molecular complexity index is 1120. The number of pyridine rings is 1. The smallest absolute Gasteiger partial charge is 0.357 e. The zero-order chi connectivity index (χ0) is 18.8. The molecule has 4 rings (SSSR count). The van der Waals surface area contributed by atoms with E-state index in [0.717, 1.165) is 38.5 Å². The number of ether oxygens (including phenoxy) is 2. The maximum atomic E-state index is 12.4. The molecule has 0 bridgehead atoms. The lowest BCUT2D eigenvalue weighted by molar-refractivity contribution is 0.0514. The number of methoxy groups -OCH3 is 1. The SMILES string of the molecule is CCOC(=O)c1ncc2[nH]c3cccc(-c4ccccc4)c3c2c1COC. The lowest BCUT2D eigenvalue weighted by Crippen LogP contribution is -2.11. The minimum atomic E-state index is -0.432. The van der Waals surface area contributed by atoms with Crippen LogP contribution in [0.4, 0.5) is 0 Å². The molecular weight excluding hydrogens is 340 g/mol. The molecule has 27 heavy (non-hydrogen) atoms. The Morgan fingerprint density at radius 2 is 1.85 bits per heavy atom. The van der Waals surface area contributed by atoms with Crippen LogP contribution in [-0.2, 0) is 16.1 Å². The van der Waals surface area contributed by atoms with Crippen LogP contribution in [0.5, 0.6) is 0 Å². The number of carbonyl (C=O) groups excluding carboxylic acids is 1. The average molecular weight is 360 g/mol. The molecule has 0 aliphatic rings. The highest BCUT2D eigenvalue weighted by atomic mass is 16.5. The summed E-state index contributed by atoms with van der Waals surface area (Å²) in [4.78, 5) is 20.2. The van der Waals surface area contributed by atoms with Crippen molar-refractivity contribution >= 4 is 27.8 Å². The molecule has 5 nitrogen and oxygen atoms in total. The molecule has 5 heteroatoms. The Balaban J connectivity index is 2.08. The number of H-pyrrole nitrogens is 1. The molecule has 0 spiro atoms. The van der Waals surface area contributed by atoms with Gasteiger partial charge in [-0.2, -0.15) is 0 Å². The summed E-state index contributed by atoms with van der Waals surface area (Å²) < 4.78 is 10.6. The van der Waals surface area contributed by atoms with Crippen LogP contribution in [0, 0.1) is 0 Å². The van der Waals surface area contributed by atoms with E-state index >= 15 is 0 Å². The van der Waals surface area contributed by atoms with Crippen molar-refractivity contribution in [2.45, 2.75) is 13.5 Å². The quantitative estimate of drug-likeness (QED) is 0.524. The zero-order valence-corrected chi connectivity index (χ0v) is 15.3. The molecule has 2 heterocycles. The second-order valence-electron chi connectivity index (χ2n) is 6.25. The van der Waals surface area contributed by atoms with E-state index in [4.69, 9.17) is 9.47 Å². The van der Waals surface area contributed by atoms with Crippen molar-refractivity contribution in [3.05, 3.63) is 66.0 Å². The summed E-state index contributed by atoms with van der Waals surface area (Å²) in [5.74, 6) is -0.432. The Kier molecular flexibility index (Phi) is 4.60. The van der Waals surface area contributed by atoms with Gasteiger partial charge in [0.15, 0.2) is 5.69 Å². The van der Waals surface area contributed by atoms with Crippen molar-refractivity contribution in [3.8, 4) is 11.1 Å². The van der Waals surface area contributed by atoms with Gasteiger partial charge in [-0.15, -0.1) is 0 Å². The van der Waals surface area contributed by atoms with Gasteiger partial charge < -0.3 is 14.5 Å². The molecule has 0 fully saturated rings. The summed E-state index contributed by atoms with van der Waals surface area (Å²) in [6.45, 7) is 2.36. The molecule has 0 aliphatic carbocycles. The van der Waals surface area contributed by atoms with E-state index in [0.29, 0.717) is 12.3 Å². The van der Waals surface area contributed by atoms with Crippen molar-refractivity contribution in [3.63, 3.8) is 0 Å². The van der Waals surface area contributed by atoms with Gasteiger partial charge in [-0.25, -0.2) is 9.78 Å². The average Bonchev–Trinajstić information content (AvgIpc) is 3.08. The molecule has 0 radical (unpaired) electrons. The number of aromatic amines is 1. The summed E-state index contributed by atoms with van der Waals surface area (Å²) in [5, 5.41) is 2.00. The standard InChI is InChI=1S/C22H20N2O3/c1-3-27-22(25)21-16(13-26-2)20-18(12-23-21)24-17-11-7-10-15(19(17)20)14-8-5-4-6-9-14/h4-12,24H,3,13H2,1-2H3. The van der Waals surface area contributed by atoms with Gasteiger partial charge in [0.05, 0.1) is 24.9 Å². The number of hydrogen-bond donors (Lipinski definition) is 1. The van der Waals surface area contributed by atoms with Crippen molar-refractivity contribution in [1.29, 1.82) is 0 Å². The predicted molar refractivity (Wildman–Crippen MR) is 106 cm³/mol. The first kappa shape index (κ1) is 17.2. The number of hydrogen-bond acceptors (Lipinski definition) is 4. The van der Waals surface area contributed by atoms with Crippen molar-refractivity contribution in [2.24, 2.45) is 0 Å². The molecule has 1 N–H and O–H groups in total. The Hall–Kier alpha value is -3.18. The van der Waals surface area contributed by atoms with Crippen LogP contribution in [0.25, 0.3) is 32.9 Å². The van der Waals surface area contributed by atoms with Crippen molar-refractivity contribution < 1.29 is 14.3 Å². The summed E-state index contributed by atoms with van der Waals surface area (Å²) in [6.07, 6.45) is 1.69. The largest absolute Gasteiger partial charge is 0.461 e. The van der Waals surface area contributed by atoms with Gasteiger partial charge in [0.1, 0.15) is 0 Å². The number of aromatic nitrogens is 2. The fourth-order valence-electron chi connectivity index (χ4n) is 3.52. The van der Waals surface area contributed by atoms with Gasteiger partial charge >= 0.3 is 5.97 Å². The van der Waals surface area contributed by atoms with E-state index in [1.165, 1.54) is 0 Å². The van der Waals surface area contributed by atoms with Gasteiger partial charge in [-0.1, -0.05) is 42.5 Å². The Morgan fingerprint density at radius 1 is 1.04 bits per heavy atom. The number of carbonyl (C=O) groups is 1. The summed E-state index contributed by atoms with van der Waals surface area (Å²) in [6, 6.07) is 16.3. The molecule has 2 aromatic heterocycles. The summed E-state index contributed by atoms with van der Waals surface area (Å²) >= 11 is 0. The highest BCUT2D eigenvalue weighted by Gasteiger charge is 2.21. The fraction of sp³-hybridized carbons (Fsp3) is 0.182. The second kappa shape index (κ2) is 7.21. The second-order valence-corrected chi connectivity index (χ2v) is 6.25. The first-order chi connectivity index (χ1) is 13.2. The highest BCUT2D eigenvalue weighted by Crippen LogP contribution is 2.37. The molecule has 0 atom stereocenters. The van der Waals surface area contributed by atoms with Crippen LogP contribution in [0.15, 0.2) is 54.7 Å². The van der Waals surface area contributed by atoms with Gasteiger partial charge in [0, 0.05) is 29.0 Å². The van der Waals surface area contributed by atoms with Crippen LogP contribution in [0.2, 0.25) is 0 Å². The highest BCUT2D eigenvalue weighted by molar-refractivity contribution is 6.16. The van der Waals surface area contributed by atoms with E-state index in [9.17, 15) is 4.79 Å². The Labute approximate surface area is 156 Å². The molecule has 0 unspecified atom stereocenters. The first-order valence-corrected chi connectivity index (χ1v) is 8.88. The van der Waals surface area contributed by atoms with Gasteiger partial charge in [-0.05, 0) is 24.1 Å². The van der Waals surface area contributed by atoms with Crippen LogP contribution in [0.3, 0.4) is 0 Å². The lowest BCUT2D eigenvalue weighted by Gasteiger charge is -2.10. The van der Waals surface area contributed by atoms with Crippen LogP contribution >= 0.6 is 0 Å². The minimum Gasteiger partial charge on any atom is -0.461 e. The molecule has 0 amide bonds. The number of nitrogens with one attached hydrogen (secondary N) is 1. The number of esters is 1. The van der Waals surface area contributed by atoms with E-state index in [1.54, 1.807) is 20.2 Å². The van der Waals surface area contributed by atoms with Gasteiger partial charge in [0.2, 0.25) is 0 Å². The van der Waals surface area contributed by atoms with Crippen LogP contribution < -0.4 is 0 Å². The number of benzene rings is 2. The molecule has 4 aromatic rings. The molecular formula is C22H20N2O3. The Morgan fingerprint density at radius 3 is 2.59 bits per heavy atom. The first-order valence-electron chi connectivity index (χ1n) is 8.88. The summed E-state index contributed by atoms with van der Waals surface area (Å²) in [5.41, 5.74) is 5.11. The monoisotopic (exact) mass is 360 g/mol. The number of nitrogens with zero attached hydrogens (tertiary/aromatic N) is 1. The van der Waals surface area contributed by atoms with Gasteiger partial charge in [0.25, 0.3) is 0 Å². The third-order valence-corrected chi connectivity index (χ3v) is 4.61. The molecule has 0 aliphatic heterocycles. The maximum absolute atomic E-state index is 12.4. The topological polar surface area (TPSA) is 64.2 Å². The summed E-state index contributed by atoms with van der Waals surface area (Å²) in [7, 11) is 1.61. The fourth-order valence-corrected chi connectivity index (χ4v) is 3.52. The third kappa shape index (κ3) is 2.96. The van der Waals surface area contributed by atoms with Crippen molar-refractivity contribution in [2.75, 3.05) is 13.7 Å². The van der Waals surface area contributed by atoms with E-state index in [2.05, 4.69) is 28.2 Å². The van der Waals surface area contributed by atoms with Crippen LogP contribution in [0.1, 0.15) is 23.0 Å². The lowest BCUT2D eigenvalue weighted by atomic mass is 9.97. The zero-order valence-electron chi connectivity index (χ0n) is 15.3. The van der Waals surface area contributed by atoms with E-state index in [-0.39, 0.29) is 6.61 Å². The third-order valence-electron chi connectivity index (χ3n) is 4.61. The molecule has 0 saturated carbocycles. The maximum Gasteiger partial charge on any atom is 0.357 e. The van der Waals surface area contributed by atoms with Gasteiger partial charge in [-0.3, -0.25) is 0 Å². The molecule has 136 valence electrons. The normalized spacial score (nSPS) is 11.2. The molecule has 0 saturated heterocycles. The van der Waals surface area contributed by atoms with Crippen LogP contribution in [-0.4, -0.2) is 29.7 Å². The van der Waals surface area contributed by atoms with E-state index < -0.39 is 5.97 Å². The van der Waals surface area contributed by atoms with Crippen molar-refractivity contribution in [1.82, 2.24) is 9.97 Å². The minimum absolute atomic E-state index is 0.272. The number of fused-ring (bicyclic) bond motifs is 3. The number of rotatable bonds is 5. The van der Waals surface area contributed by atoms with E-state index in [1.807, 2.05) is 30.3 Å².